The van der Waals surface area contributed by atoms with E-state index in [0.29, 0.717) is 11.3 Å². The van der Waals surface area contributed by atoms with Crippen LogP contribution in [-0.2, 0) is 14.3 Å². The number of ether oxygens (including phenoxy) is 2. The van der Waals surface area contributed by atoms with E-state index in [4.69, 9.17) is 9.47 Å². The van der Waals surface area contributed by atoms with Gasteiger partial charge in [0.05, 0.1) is 7.11 Å². The average molecular weight is 333 g/mol. The van der Waals surface area contributed by atoms with E-state index in [-0.39, 0.29) is 11.7 Å². The lowest BCUT2D eigenvalue weighted by molar-refractivity contribution is -0.159. The highest BCUT2D eigenvalue weighted by molar-refractivity contribution is 6.09. The largest absolute Gasteiger partial charge is 0.497 e. The van der Waals surface area contributed by atoms with Crippen LogP contribution < -0.4 is 10.1 Å². The average Bonchev–Trinajstić information content (AvgIpc) is 3.34. The van der Waals surface area contributed by atoms with Gasteiger partial charge >= 0.3 is 5.97 Å². The third-order valence-corrected chi connectivity index (χ3v) is 3.53. The molecule has 0 radical (unpaired) electrons. The van der Waals surface area contributed by atoms with Crippen molar-refractivity contribution < 1.29 is 23.9 Å². The van der Waals surface area contributed by atoms with Crippen molar-refractivity contribution in [3.8, 4) is 5.75 Å². The fourth-order valence-electron chi connectivity index (χ4n) is 2.17. The monoisotopic (exact) mass is 333 g/mol. The van der Waals surface area contributed by atoms with Gasteiger partial charge in [0, 0.05) is 11.5 Å². The number of rotatable bonds is 6. The number of benzene rings is 1. The molecular weight excluding hydrogens is 310 g/mol. The van der Waals surface area contributed by atoms with Crippen molar-refractivity contribution in [2.24, 2.45) is 5.92 Å². The molecule has 6 nitrogen and oxygen atoms in total. The summed E-state index contributed by atoms with van der Waals surface area (Å²) >= 11 is 0. The summed E-state index contributed by atoms with van der Waals surface area (Å²) in [5, 5.41) is 2.51. The van der Waals surface area contributed by atoms with Crippen molar-refractivity contribution in [1.29, 1.82) is 0 Å². The van der Waals surface area contributed by atoms with Crippen LogP contribution in [0.3, 0.4) is 0 Å². The summed E-state index contributed by atoms with van der Waals surface area (Å²) < 4.78 is 10.3. The highest BCUT2D eigenvalue weighted by Gasteiger charge is 2.41. The molecule has 0 saturated heterocycles. The van der Waals surface area contributed by atoms with Crippen molar-refractivity contribution >= 4 is 17.7 Å². The number of methoxy groups -OCH3 is 1. The van der Waals surface area contributed by atoms with Crippen LogP contribution in [0.5, 0.6) is 5.75 Å². The second kappa shape index (κ2) is 7.03. The number of esters is 1. The van der Waals surface area contributed by atoms with Gasteiger partial charge in [0.1, 0.15) is 11.4 Å². The van der Waals surface area contributed by atoms with Gasteiger partial charge in [-0.2, -0.15) is 0 Å². The molecule has 1 aliphatic rings. The fraction of sp³-hybridized carbons (Fsp3) is 0.500. The second-order valence-electron chi connectivity index (χ2n) is 6.85. The van der Waals surface area contributed by atoms with Gasteiger partial charge in [-0.25, -0.2) is 4.79 Å². The summed E-state index contributed by atoms with van der Waals surface area (Å²) in [6.45, 7) is 5.15. The first-order chi connectivity index (χ1) is 11.2. The van der Waals surface area contributed by atoms with E-state index in [1.807, 2.05) is 0 Å². The van der Waals surface area contributed by atoms with Crippen LogP contribution in [0.1, 0.15) is 44.0 Å². The van der Waals surface area contributed by atoms with E-state index in [9.17, 15) is 14.4 Å². The van der Waals surface area contributed by atoms with Gasteiger partial charge in [-0.05, 0) is 57.9 Å². The summed E-state index contributed by atoms with van der Waals surface area (Å²) in [6.07, 6.45) is 1.49. The van der Waals surface area contributed by atoms with E-state index >= 15 is 0 Å². The molecule has 1 atom stereocenters. The third kappa shape index (κ3) is 4.81. The topological polar surface area (TPSA) is 81.7 Å². The van der Waals surface area contributed by atoms with Gasteiger partial charge in [-0.1, -0.05) is 0 Å². The lowest BCUT2D eigenvalue weighted by Gasteiger charge is -2.24. The van der Waals surface area contributed by atoms with Crippen LogP contribution in [0.4, 0.5) is 0 Å². The molecule has 130 valence electrons. The molecule has 24 heavy (non-hydrogen) atoms. The van der Waals surface area contributed by atoms with Crippen LogP contribution in [0.15, 0.2) is 24.3 Å². The van der Waals surface area contributed by atoms with Crippen LogP contribution in [0.25, 0.3) is 0 Å². The Balaban J connectivity index is 2.12. The number of nitrogens with one attached hydrogen (secondary N) is 1. The number of ketones is 1. The van der Waals surface area contributed by atoms with Crippen LogP contribution in [0.2, 0.25) is 0 Å². The Hall–Kier alpha value is -2.37. The van der Waals surface area contributed by atoms with E-state index in [1.54, 1.807) is 45.0 Å². The van der Waals surface area contributed by atoms with Gasteiger partial charge < -0.3 is 14.8 Å². The Morgan fingerprint density at radius 2 is 1.71 bits per heavy atom. The smallest absolute Gasteiger partial charge is 0.337 e. The molecule has 1 N–H and O–H groups in total. The van der Waals surface area contributed by atoms with Crippen LogP contribution in [-0.4, -0.2) is 36.4 Å². The molecule has 1 saturated carbocycles. The van der Waals surface area contributed by atoms with Gasteiger partial charge in [-0.15, -0.1) is 0 Å². The van der Waals surface area contributed by atoms with Crippen LogP contribution in [0, 0.1) is 5.92 Å². The highest BCUT2D eigenvalue weighted by atomic mass is 16.6. The summed E-state index contributed by atoms with van der Waals surface area (Å²) in [7, 11) is 1.53. The van der Waals surface area contributed by atoms with E-state index in [1.165, 1.54) is 7.11 Å². The predicted octanol–water partition coefficient (Wildman–Crippen LogP) is 2.11. The number of amides is 1. The minimum absolute atomic E-state index is 0.168. The van der Waals surface area contributed by atoms with Crippen molar-refractivity contribution in [3.05, 3.63) is 29.8 Å². The number of hydrogen-bond acceptors (Lipinski definition) is 5. The van der Waals surface area contributed by atoms with E-state index in [0.717, 1.165) is 12.8 Å². The molecule has 1 aliphatic carbocycles. The zero-order valence-corrected chi connectivity index (χ0v) is 14.4. The molecule has 1 unspecified atom stereocenters. The molecule has 0 aliphatic heterocycles. The first-order valence-electron chi connectivity index (χ1n) is 7.93. The quantitative estimate of drug-likeness (QED) is 0.637. The van der Waals surface area contributed by atoms with Gasteiger partial charge in [-0.3, -0.25) is 9.59 Å². The molecule has 0 spiro atoms. The number of Topliss-reactive ketones (excluding diaryl/α,β-unsaturated/α-hetero) is 1. The molecule has 1 fully saturated rings. The Morgan fingerprint density at radius 3 is 2.17 bits per heavy atom. The molecule has 1 aromatic carbocycles. The molecule has 0 heterocycles. The second-order valence-corrected chi connectivity index (χ2v) is 6.85. The molecular formula is C18H23NO5. The van der Waals surface area contributed by atoms with Crippen molar-refractivity contribution in [3.63, 3.8) is 0 Å². The van der Waals surface area contributed by atoms with Crippen molar-refractivity contribution in [1.82, 2.24) is 5.32 Å². The Kier molecular flexibility index (Phi) is 5.26. The van der Waals surface area contributed by atoms with Gasteiger partial charge in [0.2, 0.25) is 0 Å². The summed E-state index contributed by atoms with van der Waals surface area (Å²) in [5.74, 6) is -1.06. The van der Waals surface area contributed by atoms with Gasteiger partial charge in [0.25, 0.3) is 5.91 Å². The van der Waals surface area contributed by atoms with Gasteiger partial charge in [0.15, 0.2) is 11.8 Å². The maximum Gasteiger partial charge on any atom is 0.337 e. The summed E-state index contributed by atoms with van der Waals surface area (Å²) in [4.78, 5) is 37.0. The maximum absolute atomic E-state index is 12.4. The van der Waals surface area contributed by atoms with Crippen molar-refractivity contribution in [2.45, 2.75) is 45.3 Å². The normalized spacial score (nSPS) is 15.3. The highest BCUT2D eigenvalue weighted by Crippen LogP contribution is 2.31. The minimum atomic E-state index is -1.27. The molecule has 0 aromatic heterocycles. The fourth-order valence-corrected chi connectivity index (χ4v) is 2.17. The number of carbonyl (C=O) groups excluding carboxylic acids is 3. The van der Waals surface area contributed by atoms with Crippen LogP contribution >= 0.6 is 0 Å². The minimum Gasteiger partial charge on any atom is -0.497 e. The lowest BCUT2D eigenvalue weighted by atomic mass is 10.1. The lowest BCUT2D eigenvalue weighted by Crippen LogP contribution is -2.49. The molecule has 2 rings (SSSR count). The maximum atomic E-state index is 12.4. The predicted molar refractivity (Wildman–Crippen MR) is 87.8 cm³/mol. The Bertz CT molecular complexity index is 626. The van der Waals surface area contributed by atoms with Crippen molar-refractivity contribution in [2.75, 3.05) is 7.11 Å². The van der Waals surface area contributed by atoms with E-state index < -0.39 is 23.5 Å². The number of hydrogen-bond donors (Lipinski definition) is 1. The molecule has 1 amide bonds. The first kappa shape index (κ1) is 18.0. The summed E-state index contributed by atoms with van der Waals surface area (Å²) in [6, 6.07) is 5.15. The third-order valence-electron chi connectivity index (χ3n) is 3.53. The number of carbonyl (C=O) groups is 3. The molecule has 6 heteroatoms. The Morgan fingerprint density at radius 1 is 1.12 bits per heavy atom. The SMILES string of the molecule is COc1ccc(C(=O)NC(C(=O)OC(C)(C)C)C(=O)C2CC2)cc1. The van der Waals surface area contributed by atoms with E-state index in [2.05, 4.69) is 5.32 Å². The standard InChI is InChI=1S/C18H23NO5/c1-18(2,3)24-17(22)14(15(20)11-5-6-11)19-16(21)12-7-9-13(23-4)10-8-12/h7-11,14H,5-6H2,1-4H3,(H,19,21). The molecule has 0 bridgehead atoms. The molecule has 1 aromatic rings. The zero-order valence-electron chi connectivity index (χ0n) is 14.4. The summed E-state index contributed by atoms with van der Waals surface area (Å²) in [5.41, 5.74) is -0.391. The Labute approximate surface area is 141 Å². The first-order valence-corrected chi connectivity index (χ1v) is 7.93. The zero-order chi connectivity index (χ0) is 17.9.